The van der Waals surface area contributed by atoms with E-state index in [1.54, 1.807) is 20.2 Å². The Balaban J connectivity index is 1.42. The van der Waals surface area contributed by atoms with E-state index in [0.29, 0.717) is 23.8 Å². The van der Waals surface area contributed by atoms with Crippen LogP contribution in [0.2, 0.25) is 0 Å². The van der Waals surface area contributed by atoms with E-state index in [1.807, 2.05) is 19.1 Å². The minimum Gasteiger partial charge on any atom is -0.488 e. The summed E-state index contributed by atoms with van der Waals surface area (Å²) < 4.78 is 11.8. The summed E-state index contributed by atoms with van der Waals surface area (Å²) in [5.41, 5.74) is 0.988. The molecule has 2 aromatic heterocycles. The van der Waals surface area contributed by atoms with Crippen LogP contribution in [0.15, 0.2) is 36.1 Å². The minimum absolute atomic E-state index is 0.0559. The number of H-pyrrole nitrogens is 1. The van der Waals surface area contributed by atoms with Crippen LogP contribution >= 0.6 is 0 Å². The molecule has 0 bridgehead atoms. The molecule has 194 valence electrons. The van der Waals surface area contributed by atoms with Gasteiger partial charge in [0.05, 0.1) is 0 Å². The summed E-state index contributed by atoms with van der Waals surface area (Å²) in [4.78, 5) is 27.1. The third-order valence-electron chi connectivity index (χ3n) is 6.04. The highest BCUT2D eigenvalue weighted by Gasteiger charge is 2.29. The average Bonchev–Trinajstić information content (AvgIpc) is 3.50. The van der Waals surface area contributed by atoms with Crippen molar-refractivity contribution in [3.63, 3.8) is 0 Å². The first-order valence-electron chi connectivity index (χ1n) is 11.9. The van der Waals surface area contributed by atoms with E-state index in [1.165, 1.54) is 4.90 Å². The SMILES string of the molecule is C=C(C(=O)N(C)C)C(O)C1=CCC(COc2nc(Nc3cc(C)[nH]n3)cc(N3CCN(C)CC3)n2)O1. The highest BCUT2D eigenvalue weighted by molar-refractivity contribution is 5.93. The molecule has 1 amide bonds. The fourth-order valence-corrected chi connectivity index (χ4v) is 3.91. The third kappa shape index (κ3) is 6.13. The summed E-state index contributed by atoms with van der Waals surface area (Å²) in [6.45, 7) is 9.38. The van der Waals surface area contributed by atoms with Gasteiger partial charge >= 0.3 is 6.01 Å². The van der Waals surface area contributed by atoms with Crippen molar-refractivity contribution in [3.8, 4) is 6.01 Å². The highest BCUT2D eigenvalue weighted by atomic mass is 16.5. The summed E-state index contributed by atoms with van der Waals surface area (Å²) in [7, 11) is 5.31. The van der Waals surface area contributed by atoms with Crippen molar-refractivity contribution in [2.75, 3.05) is 64.1 Å². The van der Waals surface area contributed by atoms with E-state index in [-0.39, 0.29) is 30.2 Å². The Bertz CT molecular complexity index is 1120. The number of ether oxygens (including phenoxy) is 2. The van der Waals surface area contributed by atoms with Crippen molar-refractivity contribution in [2.24, 2.45) is 0 Å². The number of nitrogens with zero attached hydrogens (tertiary/aromatic N) is 6. The summed E-state index contributed by atoms with van der Waals surface area (Å²) in [5.74, 6) is 1.93. The van der Waals surface area contributed by atoms with Gasteiger partial charge in [-0.1, -0.05) is 6.58 Å². The number of likely N-dealkylation sites (N-methyl/N-ethyl adjacent to an activating group) is 2. The number of hydrogen-bond acceptors (Lipinski definition) is 10. The van der Waals surface area contributed by atoms with Gasteiger partial charge in [-0.25, -0.2) is 0 Å². The molecule has 36 heavy (non-hydrogen) atoms. The molecule has 2 aliphatic rings. The maximum absolute atomic E-state index is 12.1. The van der Waals surface area contributed by atoms with Crippen LogP contribution in [-0.4, -0.2) is 107 Å². The number of hydrogen-bond donors (Lipinski definition) is 3. The number of aromatic amines is 1. The molecule has 1 saturated heterocycles. The molecule has 1 fully saturated rings. The molecule has 4 rings (SSSR count). The Kier molecular flexibility index (Phi) is 7.75. The van der Waals surface area contributed by atoms with Crippen molar-refractivity contribution in [1.82, 2.24) is 30.0 Å². The number of nitrogens with one attached hydrogen (secondary N) is 2. The molecule has 0 radical (unpaired) electrons. The summed E-state index contributed by atoms with van der Waals surface area (Å²) in [5, 5.41) is 20.8. The van der Waals surface area contributed by atoms with Gasteiger partial charge in [0.1, 0.15) is 36.2 Å². The van der Waals surface area contributed by atoms with E-state index >= 15 is 0 Å². The standard InChI is InChI=1S/C24H34N8O4/c1-15-12-20(29-28-15)25-19-13-21(32-10-8-31(5)9-11-32)27-24(26-19)35-14-17-6-7-18(36-17)22(33)16(2)23(34)30(3)4/h7,12-13,17,22,33H,2,6,8-11,14H2,1,3-5H3,(H2,25,26,27,28,29). The zero-order valence-electron chi connectivity index (χ0n) is 21.2. The normalized spacial score (nSPS) is 18.9. The Morgan fingerprint density at radius 1 is 1.31 bits per heavy atom. The monoisotopic (exact) mass is 498 g/mol. The zero-order chi connectivity index (χ0) is 25.8. The van der Waals surface area contributed by atoms with Gasteiger partial charge in [-0.05, 0) is 20.0 Å². The molecular formula is C24H34N8O4. The Morgan fingerprint density at radius 3 is 2.72 bits per heavy atom. The fourth-order valence-electron chi connectivity index (χ4n) is 3.91. The lowest BCUT2D eigenvalue weighted by atomic mass is 10.1. The molecule has 0 aliphatic carbocycles. The van der Waals surface area contributed by atoms with E-state index in [4.69, 9.17) is 9.47 Å². The second-order valence-electron chi connectivity index (χ2n) is 9.27. The first-order valence-corrected chi connectivity index (χ1v) is 11.9. The molecule has 2 aliphatic heterocycles. The number of aromatic nitrogens is 4. The van der Waals surface area contributed by atoms with Gasteiger partial charge in [0.15, 0.2) is 5.82 Å². The topological polar surface area (TPSA) is 132 Å². The molecule has 2 aromatic rings. The number of amides is 1. The van der Waals surface area contributed by atoms with Gasteiger partial charge in [-0.3, -0.25) is 9.89 Å². The predicted octanol–water partition coefficient (Wildman–Crippen LogP) is 1.06. The van der Waals surface area contributed by atoms with Gasteiger partial charge in [0, 0.05) is 70.1 Å². The Morgan fingerprint density at radius 2 is 2.06 bits per heavy atom. The lowest BCUT2D eigenvalue weighted by Crippen LogP contribution is -2.44. The molecule has 0 saturated carbocycles. The molecule has 2 unspecified atom stereocenters. The van der Waals surface area contributed by atoms with Crippen LogP contribution in [0.4, 0.5) is 17.5 Å². The van der Waals surface area contributed by atoms with Gasteiger partial charge in [0.2, 0.25) is 0 Å². The third-order valence-corrected chi connectivity index (χ3v) is 6.04. The van der Waals surface area contributed by atoms with E-state index in [2.05, 4.69) is 48.9 Å². The predicted molar refractivity (Wildman–Crippen MR) is 135 cm³/mol. The number of rotatable bonds is 9. The Labute approximate surface area is 210 Å². The highest BCUT2D eigenvalue weighted by Crippen LogP contribution is 2.26. The largest absolute Gasteiger partial charge is 0.488 e. The van der Waals surface area contributed by atoms with Crippen molar-refractivity contribution in [3.05, 3.63) is 41.8 Å². The van der Waals surface area contributed by atoms with Crippen molar-refractivity contribution < 1.29 is 19.4 Å². The molecule has 3 N–H and O–H groups in total. The van der Waals surface area contributed by atoms with Crippen LogP contribution in [-0.2, 0) is 9.53 Å². The number of piperazine rings is 1. The first-order chi connectivity index (χ1) is 17.2. The van der Waals surface area contributed by atoms with Crippen LogP contribution in [0.5, 0.6) is 6.01 Å². The van der Waals surface area contributed by atoms with E-state index in [0.717, 1.165) is 37.7 Å². The van der Waals surface area contributed by atoms with Crippen molar-refractivity contribution >= 4 is 23.4 Å². The molecule has 12 nitrogen and oxygen atoms in total. The van der Waals surface area contributed by atoms with E-state index in [9.17, 15) is 9.90 Å². The maximum Gasteiger partial charge on any atom is 0.320 e. The smallest absolute Gasteiger partial charge is 0.320 e. The number of aliphatic hydroxyl groups excluding tert-OH is 1. The average molecular weight is 499 g/mol. The fraction of sp³-hybridized carbons (Fsp3) is 0.500. The molecular weight excluding hydrogens is 464 g/mol. The maximum atomic E-state index is 12.1. The van der Waals surface area contributed by atoms with Crippen LogP contribution in [0.1, 0.15) is 12.1 Å². The van der Waals surface area contributed by atoms with Crippen LogP contribution in [0.25, 0.3) is 0 Å². The summed E-state index contributed by atoms with van der Waals surface area (Å²) >= 11 is 0. The Hall–Kier alpha value is -3.64. The molecule has 4 heterocycles. The zero-order valence-corrected chi connectivity index (χ0v) is 21.2. The van der Waals surface area contributed by atoms with Gasteiger partial charge < -0.3 is 34.6 Å². The van der Waals surface area contributed by atoms with Crippen molar-refractivity contribution in [1.29, 1.82) is 0 Å². The van der Waals surface area contributed by atoms with Crippen molar-refractivity contribution in [2.45, 2.75) is 25.6 Å². The van der Waals surface area contributed by atoms with Gasteiger partial charge in [-0.15, -0.1) is 0 Å². The van der Waals surface area contributed by atoms with Crippen LogP contribution < -0.4 is 15.0 Å². The quantitative estimate of drug-likeness (QED) is 0.431. The second kappa shape index (κ2) is 11.0. The lowest BCUT2D eigenvalue weighted by molar-refractivity contribution is -0.125. The summed E-state index contributed by atoms with van der Waals surface area (Å²) in [6, 6.07) is 3.99. The van der Waals surface area contributed by atoms with Crippen LogP contribution in [0.3, 0.4) is 0 Å². The number of aryl methyl sites for hydroxylation is 1. The van der Waals surface area contributed by atoms with E-state index < -0.39 is 6.10 Å². The lowest BCUT2D eigenvalue weighted by Gasteiger charge is -2.33. The number of aliphatic hydroxyl groups is 1. The van der Waals surface area contributed by atoms with Gasteiger partial charge in [0.25, 0.3) is 5.91 Å². The molecule has 0 spiro atoms. The first kappa shape index (κ1) is 25.5. The molecule has 12 heteroatoms. The van der Waals surface area contributed by atoms with Gasteiger partial charge in [-0.2, -0.15) is 15.1 Å². The number of anilines is 3. The summed E-state index contributed by atoms with van der Waals surface area (Å²) in [6.07, 6.45) is 0.723. The number of carbonyl (C=O) groups excluding carboxylic acids is 1. The second-order valence-corrected chi connectivity index (χ2v) is 9.27. The van der Waals surface area contributed by atoms with Crippen LogP contribution in [0, 0.1) is 6.92 Å². The molecule has 2 atom stereocenters. The minimum atomic E-state index is -1.20. The molecule has 0 aromatic carbocycles. The number of carbonyl (C=O) groups is 1.